The van der Waals surface area contributed by atoms with E-state index in [0.717, 1.165) is 0 Å². The molecule has 1 saturated heterocycles. The number of carboxylic acids is 1. The van der Waals surface area contributed by atoms with Gasteiger partial charge in [0.15, 0.2) is 0 Å². The minimum Gasteiger partial charge on any atom is -0.481 e. The number of piperazine rings is 1. The normalized spacial score (nSPS) is 17.9. The highest BCUT2D eigenvalue weighted by molar-refractivity contribution is 7.89. The average Bonchev–Trinajstić information content (AvgIpc) is 2.73. The van der Waals surface area contributed by atoms with Gasteiger partial charge in [0.1, 0.15) is 5.75 Å². The van der Waals surface area contributed by atoms with Gasteiger partial charge in [-0.15, -0.1) is 19.6 Å². The van der Waals surface area contributed by atoms with Crippen LogP contribution in [-0.2, 0) is 27.8 Å². The Morgan fingerprint density at radius 3 is 2.45 bits per heavy atom. The summed E-state index contributed by atoms with van der Waals surface area (Å²) in [7, 11) is -3.85. The first-order chi connectivity index (χ1) is 15.5. The minimum absolute atomic E-state index is 0.00839. The molecule has 176 valence electrons. The van der Waals surface area contributed by atoms with Crippen LogP contribution < -0.4 is 4.74 Å². The molecule has 3 rings (SSSR count). The van der Waals surface area contributed by atoms with E-state index in [-0.39, 0.29) is 43.2 Å². The molecule has 2 aromatic rings. The molecule has 11 heteroatoms. The van der Waals surface area contributed by atoms with Crippen molar-refractivity contribution >= 4 is 16.0 Å². The number of terminal acetylenes is 1. The maximum atomic E-state index is 13.0. The molecular weight excluding hydrogens is 461 g/mol. The summed E-state index contributed by atoms with van der Waals surface area (Å²) in [5.74, 6) is 1.19. The van der Waals surface area contributed by atoms with Crippen molar-refractivity contribution in [2.45, 2.75) is 30.3 Å². The van der Waals surface area contributed by atoms with Gasteiger partial charge in [0, 0.05) is 26.2 Å². The zero-order valence-electron chi connectivity index (χ0n) is 17.3. The molecule has 0 spiro atoms. The summed E-state index contributed by atoms with van der Waals surface area (Å²) in [5.41, 5.74) is 1.02. The zero-order valence-corrected chi connectivity index (χ0v) is 18.1. The SMILES string of the molecule is C#CC1CN(S(=O)(=O)c2ccc(CC(=O)O)cc2)CCN1Cc1cccc(OC(F)(F)F)c1. The standard InChI is InChI=1S/C22H21F3N2O5S/c1-2-18-15-27(33(30,31)20-8-6-16(7-9-20)13-21(28)29)11-10-26(18)14-17-4-3-5-19(12-17)32-22(23,24)25/h1,3-9,12,18H,10-11,13-15H2,(H,28,29). The Bertz CT molecular complexity index is 1140. The molecule has 0 saturated carbocycles. The number of ether oxygens (including phenoxy) is 1. The van der Waals surface area contributed by atoms with Crippen LogP contribution in [0.25, 0.3) is 0 Å². The summed E-state index contributed by atoms with van der Waals surface area (Å²) in [4.78, 5) is 12.6. The molecule has 0 aromatic heterocycles. The molecule has 1 aliphatic heterocycles. The first kappa shape index (κ1) is 24.6. The van der Waals surface area contributed by atoms with Gasteiger partial charge < -0.3 is 9.84 Å². The second-order valence-corrected chi connectivity index (χ2v) is 9.36. The number of hydrogen-bond donors (Lipinski definition) is 1. The zero-order chi connectivity index (χ0) is 24.2. The predicted octanol–water partition coefficient (Wildman–Crippen LogP) is 2.72. The molecule has 1 N–H and O–H groups in total. The molecule has 1 atom stereocenters. The van der Waals surface area contributed by atoms with E-state index in [1.807, 2.05) is 4.90 Å². The number of carboxylic acid groups (broad SMARTS) is 1. The van der Waals surface area contributed by atoms with Gasteiger partial charge in [-0.1, -0.05) is 30.2 Å². The van der Waals surface area contributed by atoms with Gasteiger partial charge in [-0.2, -0.15) is 4.31 Å². The van der Waals surface area contributed by atoms with Crippen LogP contribution in [0, 0.1) is 12.3 Å². The third-order valence-electron chi connectivity index (χ3n) is 5.08. The third kappa shape index (κ3) is 6.47. The van der Waals surface area contributed by atoms with Crippen LogP contribution in [-0.4, -0.2) is 60.7 Å². The van der Waals surface area contributed by atoms with Crippen molar-refractivity contribution in [3.05, 3.63) is 59.7 Å². The Kier molecular flexibility index (Phi) is 7.31. The van der Waals surface area contributed by atoms with Gasteiger partial charge in [-0.05, 0) is 35.4 Å². The van der Waals surface area contributed by atoms with Crippen molar-refractivity contribution in [2.24, 2.45) is 0 Å². The number of benzene rings is 2. The Morgan fingerprint density at radius 2 is 1.85 bits per heavy atom. The number of nitrogens with zero attached hydrogens (tertiary/aromatic N) is 2. The number of halogens is 3. The van der Waals surface area contributed by atoms with E-state index in [4.69, 9.17) is 11.5 Å². The summed E-state index contributed by atoms with van der Waals surface area (Å²) < 4.78 is 68.7. The quantitative estimate of drug-likeness (QED) is 0.611. The van der Waals surface area contributed by atoms with E-state index in [0.29, 0.717) is 11.1 Å². The van der Waals surface area contributed by atoms with Crippen LogP contribution >= 0.6 is 0 Å². The number of rotatable bonds is 7. The molecule has 1 heterocycles. The van der Waals surface area contributed by atoms with Crippen LogP contribution in [0.5, 0.6) is 5.75 Å². The minimum atomic E-state index is -4.80. The Morgan fingerprint density at radius 1 is 1.15 bits per heavy atom. The molecule has 0 radical (unpaired) electrons. The van der Waals surface area contributed by atoms with E-state index >= 15 is 0 Å². The number of aliphatic carboxylic acids is 1. The molecule has 33 heavy (non-hydrogen) atoms. The summed E-state index contributed by atoms with van der Waals surface area (Å²) in [6.45, 7) is 0.641. The fourth-order valence-corrected chi connectivity index (χ4v) is 4.98. The molecule has 1 aliphatic rings. The predicted molar refractivity (Wildman–Crippen MR) is 113 cm³/mol. The van der Waals surface area contributed by atoms with Gasteiger partial charge in [-0.25, -0.2) is 8.42 Å². The lowest BCUT2D eigenvalue weighted by molar-refractivity contribution is -0.274. The van der Waals surface area contributed by atoms with Crippen molar-refractivity contribution < 1.29 is 36.2 Å². The Hall–Kier alpha value is -3.07. The summed E-state index contributed by atoms with van der Waals surface area (Å²) in [6, 6.07) is 10.6. The molecule has 1 unspecified atom stereocenters. The van der Waals surface area contributed by atoms with Crippen molar-refractivity contribution in [1.82, 2.24) is 9.21 Å². The van der Waals surface area contributed by atoms with Crippen molar-refractivity contribution in [3.8, 4) is 18.1 Å². The highest BCUT2D eigenvalue weighted by Crippen LogP contribution is 2.25. The lowest BCUT2D eigenvalue weighted by Crippen LogP contribution is -2.53. The van der Waals surface area contributed by atoms with Gasteiger partial charge in [0.2, 0.25) is 10.0 Å². The molecule has 0 aliphatic carbocycles. The smallest absolute Gasteiger partial charge is 0.481 e. The van der Waals surface area contributed by atoms with E-state index in [9.17, 15) is 26.4 Å². The van der Waals surface area contributed by atoms with E-state index < -0.39 is 28.4 Å². The van der Waals surface area contributed by atoms with Crippen molar-refractivity contribution in [2.75, 3.05) is 19.6 Å². The largest absolute Gasteiger partial charge is 0.573 e. The second-order valence-electron chi connectivity index (χ2n) is 7.43. The van der Waals surface area contributed by atoms with Gasteiger partial charge >= 0.3 is 12.3 Å². The number of hydrogen-bond acceptors (Lipinski definition) is 5. The van der Waals surface area contributed by atoms with Crippen LogP contribution in [0.4, 0.5) is 13.2 Å². The molecular formula is C22H21F3N2O5S. The topological polar surface area (TPSA) is 87.2 Å². The lowest BCUT2D eigenvalue weighted by atomic mass is 10.1. The number of carbonyl (C=O) groups is 1. The van der Waals surface area contributed by atoms with Gasteiger partial charge in [0.25, 0.3) is 0 Å². The van der Waals surface area contributed by atoms with E-state index in [1.54, 1.807) is 6.07 Å². The first-order valence-corrected chi connectivity index (χ1v) is 11.3. The fourth-order valence-electron chi connectivity index (χ4n) is 3.54. The molecule has 1 fully saturated rings. The maximum absolute atomic E-state index is 13.0. The van der Waals surface area contributed by atoms with Crippen molar-refractivity contribution in [3.63, 3.8) is 0 Å². The van der Waals surface area contributed by atoms with Crippen LogP contribution in [0.15, 0.2) is 53.4 Å². The number of alkyl halides is 3. The summed E-state index contributed by atoms with van der Waals surface area (Å²) in [6.07, 6.45) is 0.614. The van der Waals surface area contributed by atoms with E-state index in [1.165, 1.54) is 46.8 Å². The first-order valence-electron chi connectivity index (χ1n) is 9.84. The third-order valence-corrected chi connectivity index (χ3v) is 6.96. The highest BCUT2D eigenvalue weighted by atomic mass is 32.2. The van der Waals surface area contributed by atoms with Crippen molar-refractivity contribution in [1.29, 1.82) is 0 Å². The lowest BCUT2D eigenvalue weighted by Gasteiger charge is -2.38. The van der Waals surface area contributed by atoms with Gasteiger partial charge in [-0.3, -0.25) is 9.69 Å². The molecule has 0 amide bonds. The molecule has 7 nitrogen and oxygen atoms in total. The Labute approximate surface area is 189 Å². The average molecular weight is 482 g/mol. The number of sulfonamides is 1. The summed E-state index contributed by atoms with van der Waals surface area (Å²) >= 11 is 0. The van der Waals surface area contributed by atoms with E-state index in [2.05, 4.69) is 10.7 Å². The van der Waals surface area contributed by atoms with Crippen LogP contribution in [0.2, 0.25) is 0 Å². The molecule has 0 bridgehead atoms. The second kappa shape index (κ2) is 9.82. The highest BCUT2D eigenvalue weighted by Gasteiger charge is 2.34. The van der Waals surface area contributed by atoms with Crippen LogP contribution in [0.3, 0.4) is 0 Å². The summed E-state index contributed by atoms with van der Waals surface area (Å²) in [5, 5.41) is 8.84. The Balaban J connectivity index is 1.70. The van der Waals surface area contributed by atoms with Crippen LogP contribution in [0.1, 0.15) is 11.1 Å². The maximum Gasteiger partial charge on any atom is 0.573 e. The fraction of sp³-hybridized carbons (Fsp3) is 0.318. The van der Waals surface area contributed by atoms with Gasteiger partial charge in [0.05, 0.1) is 17.4 Å². The monoisotopic (exact) mass is 482 g/mol. The molecule has 2 aromatic carbocycles.